The number of aliphatic carboxylic acids is 3. The summed E-state index contributed by atoms with van der Waals surface area (Å²) in [5, 5.41) is 36.3. The number of fused-ring (bicyclic) bond motifs is 6. The zero-order valence-electron chi connectivity index (χ0n) is 79.2. The first-order chi connectivity index (χ1) is 65.2. The average Bonchev–Trinajstić information content (AvgIpc) is 1.60. The van der Waals surface area contributed by atoms with Crippen LogP contribution in [-0.2, 0) is 54.1 Å². The highest BCUT2D eigenvalue weighted by Gasteiger charge is 2.46. The van der Waals surface area contributed by atoms with Gasteiger partial charge in [0, 0.05) is 195 Å². The van der Waals surface area contributed by atoms with E-state index >= 15 is 0 Å². The SMILES string of the molecule is CC1(C)C(/C=C/C2=C3Oc4cc(O)ccc4C=C3CCC2)=[N+](CCCCCC(=O)O)c2ccccc21.CC1(C)C(/C=C/C2=C3Oc4cc(OC(=O)CCCc5ccc(N(CCCl)CCCl)cc5)ccc4C=C3CCC2)=[N+](CCCCCC(=O)O)c2ccccc21.CC1CCCCC1.O=C(Cl)CCCc1ccc(N(CCCl)CCCl)cc1.O=C(O)CCCc1ccc(N(CCCl)CCCl)cc1. The minimum atomic E-state index is -0.743. The standard InChI is InChI=1S/C45H50Cl2N2O5.C31H33NO4.C14H18Cl3NO.C14H19Cl2NO2.C7H14/c1-45(2)38-13-5-6-14-39(38)49(27-7-3-4-15-42(50)51)41(45)24-20-33-11-9-12-35-30-34-19-23-37(31-40(34)54-44(33)35)53-43(52)16-8-10-32-17-21-36(22-18-32)48(28-25-46)29-26-47;1-31(2)25-11-5-6-12-26(25)32(18-7-3-4-13-29(34)35)28(31)17-15-21-9-8-10-23-19-22-14-16-24(33)20-27(22)36-30(21)23;15-8-10-18(11-9-16)13-6-4-12(5-7-13)2-1-3-14(17)19;15-8-10-17(11-9-16)13-6-4-12(5-7-13)2-1-3-14(18)19;1-7-5-3-2-4-6-7/h5-6,13-14,17-24,30-31H,3-4,7-12,15-16,25-29H2,1-2H3;5-6,11-12,14-17,19-20H,3-4,7-10,13,18H2,1-2H3,(H,34,35);4-7H,1-3,8-11H2;4-7H,1-3,8-11H2,(H,18,19);7H,2-6H2,1H3/p+2/b24-20+;;;;. The molecule has 135 heavy (non-hydrogen) atoms. The van der Waals surface area contributed by atoms with Crippen LogP contribution in [0.2, 0.25) is 0 Å². The van der Waals surface area contributed by atoms with Gasteiger partial charge < -0.3 is 49.3 Å². The lowest BCUT2D eigenvalue weighted by atomic mass is 9.81. The van der Waals surface area contributed by atoms with Gasteiger partial charge in [0.05, 0.1) is 10.8 Å². The monoisotopic (exact) mass is 1980 g/mol. The number of anilines is 3. The number of alkyl halides is 6. The number of rotatable bonds is 44. The van der Waals surface area contributed by atoms with Gasteiger partial charge in [0.25, 0.3) is 0 Å². The maximum Gasteiger partial charge on any atom is 0.311 e. The highest BCUT2D eigenvalue weighted by Crippen LogP contribution is 2.46. The number of phenolic OH excluding ortho intramolecular Hbond substituents is 1. The molecule has 0 spiro atoms. The van der Waals surface area contributed by atoms with Gasteiger partial charge >= 0.3 is 23.9 Å². The van der Waals surface area contributed by atoms with Gasteiger partial charge in [-0.1, -0.05) is 112 Å². The molecule has 17 nitrogen and oxygen atoms in total. The van der Waals surface area contributed by atoms with Crippen molar-refractivity contribution in [3.05, 3.63) is 255 Å². The molecule has 0 saturated heterocycles. The van der Waals surface area contributed by atoms with Crippen LogP contribution in [0, 0.1) is 5.92 Å². The molecular formula is C111H136Cl7N5O12+2. The van der Waals surface area contributed by atoms with E-state index in [1.54, 1.807) is 12.1 Å². The number of para-hydroxylation sites is 2. The second-order valence-electron chi connectivity index (χ2n) is 36.4. The third kappa shape index (κ3) is 32.9. The van der Waals surface area contributed by atoms with Gasteiger partial charge in [0.1, 0.15) is 47.6 Å². The fourth-order valence-corrected chi connectivity index (χ4v) is 19.8. The summed E-state index contributed by atoms with van der Waals surface area (Å²) in [6, 6.07) is 52.9. The Morgan fingerprint density at radius 1 is 0.430 bits per heavy atom. The number of esters is 1. The number of carbonyl (C=O) groups excluding carboxylic acids is 2. The van der Waals surface area contributed by atoms with Crippen LogP contribution in [0.25, 0.3) is 12.2 Å². The van der Waals surface area contributed by atoms with Crippen molar-refractivity contribution in [1.82, 2.24) is 0 Å². The van der Waals surface area contributed by atoms with Gasteiger partial charge in [0.15, 0.2) is 11.4 Å². The molecule has 14 rings (SSSR count). The molecule has 0 unspecified atom stereocenters. The molecule has 0 atom stereocenters. The molecule has 4 aliphatic heterocycles. The highest BCUT2D eigenvalue weighted by atomic mass is 35.5. The molecule has 0 radical (unpaired) electrons. The molecule has 4 heterocycles. The number of nitrogens with zero attached hydrogens (tertiary/aromatic N) is 5. The lowest BCUT2D eigenvalue weighted by molar-refractivity contribution is -0.438. The van der Waals surface area contributed by atoms with E-state index in [4.69, 9.17) is 111 Å². The fraction of sp³-hybridized carbons (Fsp3) is 0.450. The quantitative estimate of drug-likeness (QED) is 0.00699. The molecule has 4 N–H and O–H groups in total. The van der Waals surface area contributed by atoms with Crippen molar-refractivity contribution in [1.29, 1.82) is 0 Å². The third-order valence-electron chi connectivity index (χ3n) is 25.7. The number of unbranched alkanes of at least 4 members (excludes halogenated alkanes) is 4. The Balaban J connectivity index is 0.000000198. The number of phenols is 1. The number of carboxylic acid groups (broad SMARTS) is 3. The van der Waals surface area contributed by atoms with E-state index in [2.05, 4.69) is 192 Å². The first-order valence-electron chi connectivity index (χ1n) is 48.2. The molecule has 0 aromatic heterocycles. The summed E-state index contributed by atoms with van der Waals surface area (Å²) in [6.45, 7) is 17.7. The van der Waals surface area contributed by atoms with Crippen LogP contribution >= 0.6 is 81.2 Å². The van der Waals surface area contributed by atoms with E-state index in [-0.39, 0.29) is 47.1 Å². The van der Waals surface area contributed by atoms with Crippen molar-refractivity contribution in [3.63, 3.8) is 0 Å². The Bertz CT molecular complexity index is 5250. The van der Waals surface area contributed by atoms with Crippen LogP contribution in [0.5, 0.6) is 23.0 Å². The lowest BCUT2D eigenvalue weighted by Crippen LogP contribution is -2.28. The number of benzene rings is 7. The highest BCUT2D eigenvalue weighted by molar-refractivity contribution is 6.63. The van der Waals surface area contributed by atoms with Crippen LogP contribution in [-0.4, -0.2) is 158 Å². The Hall–Kier alpha value is -9.30. The minimum Gasteiger partial charge on any atom is -0.508 e. The number of aryl methyl sites for hydroxylation is 3. The van der Waals surface area contributed by atoms with Gasteiger partial charge in [-0.3, -0.25) is 24.0 Å². The van der Waals surface area contributed by atoms with Gasteiger partial charge in [-0.25, -0.2) is 0 Å². The van der Waals surface area contributed by atoms with E-state index in [0.29, 0.717) is 91.1 Å². The van der Waals surface area contributed by atoms with Crippen LogP contribution in [0.4, 0.5) is 28.4 Å². The van der Waals surface area contributed by atoms with Crippen molar-refractivity contribution in [2.45, 2.75) is 225 Å². The summed E-state index contributed by atoms with van der Waals surface area (Å²) in [5.74, 6) is 5.83. The van der Waals surface area contributed by atoms with Crippen molar-refractivity contribution < 1.29 is 67.8 Å². The zero-order valence-corrected chi connectivity index (χ0v) is 84.5. The number of aromatic hydroxyl groups is 1. The first kappa shape index (κ1) is 108. The summed E-state index contributed by atoms with van der Waals surface area (Å²) in [6.07, 6.45) is 37.7. The van der Waals surface area contributed by atoms with Crippen LogP contribution < -0.4 is 28.9 Å². The predicted octanol–water partition coefficient (Wildman–Crippen LogP) is 27.3. The number of allylic oxidation sites excluding steroid dienone is 8. The molecule has 0 bridgehead atoms. The molecule has 7 aliphatic rings. The Morgan fingerprint density at radius 3 is 1.19 bits per heavy atom. The maximum absolute atomic E-state index is 12.9. The second kappa shape index (κ2) is 55.9. The van der Waals surface area contributed by atoms with Crippen molar-refractivity contribution in [2.24, 2.45) is 5.92 Å². The normalized spacial score (nSPS) is 15.3. The number of ether oxygens (including phenoxy) is 3. The van der Waals surface area contributed by atoms with Gasteiger partial charge in [0.2, 0.25) is 16.6 Å². The van der Waals surface area contributed by atoms with Crippen molar-refractivity contribution in [2.75, 3.05) is 102 Å². The number of halogens is 7. The van der Waals surface area contributed by atoms with E-state index in [0.717, 1.165) is 199 Å². The van der Waals surface area contributed by atoms with Gasteiger partial charge in [-0.15, -0.1) is 69.6 Å². The maximum atomic E-state index is 12.9. The molecule has 1 fully saturated rings. The fourth-order valence-electron chi connectivity index (χ4n) is 18.5. The van der Waals surface area contributed by atoms with Crippen LogP contribution in [0.1, 0.15) is 234 Å². The predicted molar refractivity (Wildman–Crippen MR) is 558 cm³/mol. The largest absolute Gasteiger partial charge is 0.508 e. The second-order valence-corrected chi connectivity index (χ2v) is 39.1. The average molecular weight is 1980 g/mol. The summed E-state index contributed by atoms with van der Waals surface area (Å²) in [4.78, 5) is 62.4. The van der Waals surface area contributed by atoms with E-state index in [1.807, 2.05) is 48.5 Å². The van der Waals surface area contributed by atoms with Gasteiger partial charge in [-0.05, 0) is 272 Å². The summed E-state index contributed by atoms with van der Waals surface area (Å²) in [7, 11) is 0. The number of hydrogen-bond acceptors (Lipinski definition) is 12. The Labute approximate surface area is 835 Å². The lowest BCUT2D eigenvalue weighted by Gasteiger charge is -2.26. The topological polar surface area (TPSA) is 210 Å². The smallest absolute Gasteiger partial charge is 0.311 e. The van der Waals surface area contributed by atoms with E-state index in [9.17, 15) is 29.1 Å². The van der Waals surface area contributed by atoms with E-state index < -0.39 is 17.9 Å². The number of hydrogen-bond donors (Lipinski definition) is 4. The molecule has 724 valence electrons. The molecule has 1 saturated carbocycles. The summed E-state index contributed by atoms with van der Waals surface area (Å²) >= 11 is 40.3. The molecule has 3 aliphatic carbocycles. The van der Waals surface area contributed by atoms with Crippen LogP contribution in [0.15, 0.2) is 216 Å². The summed E-state index contributed by atoms with van der Waals surface area (Å²) < 4.78 is 23.5. The molecular weight excluding hydrogens is 1840 g/mol. The van der Waals surface area contributed by atoms with Crippen LogP contribution in [0.3, 0.4) is 0 Å². The summed E-state index contributed by atoms with van der Waals surface area (Å²) in [5.41, 5.74) is 20.8. The molecule has 24 heteroatoms. The number of carbonyl (C=O) groups is 5. The third-order valence-corrected chi connectivity index (χ3v) is 26.9. The molecule has 7 aromatic carbocycles. The Kier molecular flexibility index (Phi) is 44.6. The molecule has 7 aromatic rings. The Morgan fingerprint density at radius 2 is 0.807 bits per heavy atom. The zero-order chi connectivity index (χ0) is 96.7. The molecule has 0 amide bonds. The first-order valence-corrected chi connectivity index (χ1v) is 51.8. The number of carboxylic acids is 3. The minimum absolute atomic E-state index is 0.140. The van der Waals surface area contributed by atoms with E-state index in [1.165, 1.54) is 93.9 Å². The van der Waals surface area contributed by atoms with Crippen molar-refractivity contribution >= 4 is 162 Å². The van der Waals surface area contributed by atoms with Crippen molar-refractivity contribution in [3.8, 4) is 23.0 Å². The van der Waals surface area contributed by atoms with Gasteiger partial charge in [-0.2, -0.15) is 9.15 Å².